The van der Waals surface area contributed by atoms with Crippen LogP contribution in [0.15, 0.2) is 47.8 Å². The van der Waals surface area contributed by atoms with Gasteiger partial charge in [-0.05, 0) is 48.4 Å². The maximum Gasteiger partial charge on any atom is 0.255 e. The zero-order valence-electron chi connectivity index (χ0n) is 16.7. The highest BCUT2D eigenvalue weighted by Crippen LogP contribution is 2.37. The van der Waals surface area contributed by atoms with E-state index in [2.05, 4.69) is 29.4 Å². The molecule has 0 N–H and O–H groups in total. The van der Waals surface area contributed by atoms with E-state index in [-0.39, 0.29) is 11.9 Å². The van der Waals surface area contributed by atoms with E-state index in [1.807, 2.05) is 49.5 Å². The van der Waals surface area contributed by atoms with Gasteiger partial charge in [0.05, 0.1) is 33.3 Å². The number of amides is 1. The molecule has 3 aromatic heterocycles. The van der Waals surface area contributed by atoms with Crippen LogP contribution in [0.4, 0.5) is 0 Å². The van der Waals surface area contributed by atoms with Gasteiger partial charge in [0.1, 0.15) is 0 Å². The number of thiophene rings is 1. The molecule has 0 radical (unpaired) electrons. The summed E-state index contributed by atoms with van der Waals surface area (Å²) in [7, 11) is 3.80. The van der Waals surface area contributed by atoms with Gasteiger partial charge in [0, 0.05) is 14.1 Å². The largest absolute Gasteiger partial charge is 0.335 e. The van der Waals surface area contributed by atoms with E-state index in [1.165, 1.54) is 11.1 Å². The molecule has 0 aliphatic heterocycles. The van der Waals surface area contributed by atoms with Gasteiger partial charge in [-0.25, -0.2) is 4.98 Å². The van der Waals surface area contributed by atoms with Crippen LogP contribution in [0, 0.1) is 6.92 Å². The number of benzene rings is 1. The minimum Gasteiger partial charge on any atom is -0.335 e. The fourth-order valence-corrected chi connectivity index (χ4v) is 5.12. The van der Waals surface area contributed by atoms with E-state index >= 15 is 0 Å². The molecule has 0 fully saturated rings. The van der Waals surface area contributed by atoms with Gasteiger partial charge in [-0.3, -0.25) is 9.48 Å². The van der Waals surface area contributed by atoms with E-state index in [0.717, 1.165) is 40.1 Å². The number of nitrogens with zero attached hydrogens (tertiary/aromatic N) is 4. The molecule has 1 atom stereocenters. The monoisotopic (exact) mass is 402 g/mol. The molecule has 1 aliphatic carbocycles. The van der Waals surface area contributed by atoms with Crippen molar-refractivity contribution >= 4 is 28.3 Å². The zero-order valence-corrected chi connectivity index (χ0v) is 17.5. The number of aromatic nitrogens is 3. The van der Waals surface area contributed by atoms with Crippen LogP contribution in [-0.4, -0.2) is 32.6 Å². The van der Waals surface area contributed by atoms with Crippen molar-refractivity contribution in [2.45, 2.75) is 25.8 Å². The number of fused-ring (bicyclic) bond motifs is 2. The van der Waals surface area contributed by atoms with Crippen LogP contribution in [0.25, 0.3) is 21.6 Å². The molecule has 4 aromatic rings. The molecule has 146 valence electrons. The quantitative estimate of drug-likeness (QED) is 0.496. The molecule has 6 heteroatoms. The summed E-state index contributed by atoms with van der Waals surface area (Å²) in [4.78, 5) is 21.5. The zero-order chi connectivity index (χ0) is 20.1. The third kappa shape index (κ3) is 2.86. The van der Waals surface area contributed by atoms with E-state index < -0.39 is 0 Å². The predicted octanol–water partition coefficient (Wildman–Crippen LogP) is 4.76. The predicted molar refractivity (Wildman–Crippen MR) is 116 cm³/mol. The summed E-state index contributed by atoms with van der Waals surface area (Å²) < 4.78 is 1.77. The van der Waals surface area contributed by atoms with Gasteiger partial charge in [-0.2, -0.15) is 5.10 Å². The first-order chi connectivity index (χ1) is 14.0. The lowest BCUT2D eigenvalue weighted by Crippen LogP contribution is -2.30. The van der Waals surface area contributed by atoms with Gasteiger partial charge in [-0.1, -0.05) is 30.3 Å². The van der Waals surface area contributed by atoms with Gasteiger partial charge >= 0.3 is 0 Å². The number of aryl methyl sites for hydroxylation is 3. The smallest absolute Gasteiger partial charge is 0.255 e. The van der Waals surface area contributed by atoms with E-state index in [9.17, 15) is 4.79 Å². The second kappa shape index (κ2) is 6.81. The van der Waals surface area contributed by atoms with Crippen molar-refractivity contribution in [3.05, 3.63) is 70.2 Å². The third-order valence-corrected chi connectivity index (χ3v) is 6.75. The molecule has 1 aromatic carbocycles. The van der Waals surface area contributed by atoms with Gasteiger partial charge < -0.3 is 4.90 Å². The Morgan fingerprint density at radius 2 is 2.07 bits per heavy atom. The lowest BCUT2D eigenvalue weighted by atomic mass is 10.0. The second-order valence-corrected chi connectivity index (χ2v) is 8.56. The molecule has 0 bridgehead atoms. The van der Waals surface area contributed by atoms with Gasteiger partial charge in [-0.15, -0.1) is 11.3 Å². The van der Waals surface area contributed by atoms with Crippen LogP contribution in [0.1, 0.15) is 39.6 Å². The average Bonchev–Trinajstić information content (AvgIpc) is 3.46. The number of carbonyl (C=O) groups excluding carboxylic acids is 1. The van der Waals surface area contributed by atoms with Crippen LogP contribution in [-0.2, 0) is 13.5 Å². The summed E-state index contributed by atoms with van der Waals surface area (Å²) >= 11 is 1.62. The van der Waals surface area contributed by atoms with Gasteiger partial charge in [0.2, 0.25) is 0 Å². The normalized spacial score (nSPS) is 15.6. The van der Waals surface area contributed by atoms with Crippen molar-refractivity contribution in [2.24, 2.45) is 7.05 Å². The van der Waals surface area contributed by atoms with Crippen molar-refractivity contribution in [3.8, 4) is 10.6 Å². The van der Waals surface area contributed by atoms with E-state index in [0.29, 0.717) is 5.56 Å². The molecule has 0 saturated carbocycles. The molecule has 0 spiro atoms. The van der Waals surface area contributed by atoms with Gasteiger partial charge in [0.25, 0.3) is 5.91 Å². The maximum atomic E-state index is 13.7. The standard InChI is InChI=1S/C23H22N4OS/c1-14-21-17(13-18(20-9-6-12-29-20)24-22(21)27(3)25-14)23(28)26(2)19-11-10-15-7-4-5-8-16(15)19/h4-9,12-13,19H,10-11H2,1-3H3. The summed E-state index contributed by atoms with van der Waals surface area (Å²) in [6.07, 6.45) is 1.97. The molecule has 1 amide bonds. The Bertz CT molecular complexity index is 1230. The average molecular weight is 403 g/mol. The molecular formula is C23H22N4OS. The SMILES string of the molecule is Cc1nn(C)c2nc(-c3cccs3)cc(C(=O)N(C)C3CCc4ccccc43)c12. The number of hydrogen-bond acceptors (Lipinski definition) is 4. The van der Waals surface area contributed by atoms with E-state index in [1.54, 1.807) is 16.0 Å². The Hall–Kier alpha value is -2.99. The molecule has 5 rings (SSSR count). The minimum atomic E-state index is 0.0213. The highest BCUT2D eigenvalue weighted by molar-refractivity contribution is 7.13. The number of pyridine rings is 1. The van der Waals surface area contributed by atoms with E-state index in [4.69, 9.17) is 4.98 Å². The summed E-state index contributed by atoms with van der Waals surface area (Å²) in [5, 5.41) is 7.41. The van der Waals surface area contributed by atoms with Crippen LogP contribution >= 0.6 is 11.3 Å². The topological polar surface area (TPSA) is 51.0 Å². The lowest BCUT2D eigenvalue weighted by Gasteiger charge is -2.26. The van der Waals surface area contributed by atoms with Crippen molar-refractivity contribution in [1.29, 1.82) is 0 Å². The van der Waals surface area contributed by atoms with Crippen LogP contribution in [0.2, 0.25) is 0 Å². The first-order valence-corrected chi connectivity index (χ1v) is 10.7. The van der Waals surface area contributed by atoms with Crippen molar-refractivity contribution in [2.75, 3.05) is 7.05 Å². The number of rotatable bonds is 3. The number of hydrogen-bond donors (Lipinski definition) is 0. The van der Waals surface area contributed by atoms with Gasteiger partial charge in [0.15, 0.2) is 5.65 Å². The fraction of sp³-hybridized carbons (Fsp3) is 0.261. The first-order valence-electron chi connectivity index (χ1n) is 9.78. The van der Waals surface area contributed by atoms with Crippen molar-refractivity contribution < 1.29 is 4.79 Å². The summed E-state index contributed by atoms with van der Waals surface area (Å²) in [5.74, 6) is 0.0213. The van der Waals surface area contributed by atoms with Crippen LogP contribution in [0.5, 0.6) is 0 Å². The third-order valence-electron chi connectivity index (χ3n) is 5.86. The summed E-state index contributed by atoms with van der Waals surface area (Å²) in [6.45, 7) is 1.94. The first kappa shape index (κ1) is 18.1. The Balaban J connectivity index is 1.63. The maximum absolute atomic E-state index is 13.7. The minimum absolute atomic E-state index is 0.0213. The fourth-order valence-electron chi connectivity index (χ4n) is 4.43. The van der Waals surface area contributed by atoms with Crippen LogP contribution in [0.3, 0.4) is 0 Å². The second-order valence-electron chi connectivity index (χ2n) is 7.61. The molecule has 1 aliphatic rings. The molecule has 3 heterocycles. The summed E-state index contributed by atoms with van der Waals surface area (Å²) in [6, 6.07) is 14.5. The Morgan fingerprint density at radius 1 is 1.24 bits per heavy atom. The van der Waals surface area contributed by atoms with Crippen molar-refractivity contribution in [3.63, 3.8) is 0 Å². The van der Waals surface area contributed by atoms with Crippen molar-refractivity contribution in [1.82, 2.24) is 19.7 Å². The van der Waals surface area contributed by atoms with Crippen LogP contribution < -0.4 is 0 Å². The highest BCUT2D eigenvalue weighted by Gasteiger charge is 2.30. The molecular weight excluding hydrogens is 380 g/mol. The molecule has 1 unspecified atom stereocenters. The number of carbonyl (C=O) groups is 1. The Kier molecular flexibility index (Phi) is 4.24. The molecule has 0 saturated heterocycles. The Morgan fingerprint density at radius 3 is 2.86 bits per heavy atom. The molecule has 29 heavy (non-hydrogen) atoms. The Labute approximate surface area is 173 Å². The lowest BCUT2D eigenvalue weighted by molar-refractivity contribution is 0.0732. The highest BCUT2D eigenvalue weighted by atomic mass is 32.1. The molecule has 5 nitrogen and oxygen atoms in total. The summed E-state index contributed by atoms with van der Waals surface area (Å²) in [5.41, 5.74) is 5.67.